The van der Waals surface area contributed by atoms with E-state index in [-0.39, 0.29) is 5.82 Å². The van der Waals surface area contributed by atoms with Crippen molar-refractivity contribution in [2.24, 2.45) is 0 Å². The number of benzene rings is 1. The van der Waals surface area contributed by atoms with Gasteiger partial charge in [-0.3, -0.25) is 0 Å². The highest BCUT2D eigenvalue weighted by Gasteiger charge is 2.08. The predicted molar refractivity (Wildman–Crippen MR) is 55.6 cm³/mol. The fourth-order valence-electron chi connectivity index (χ4n) is 1.50. The molecule has 1 aromatic heterocycles. The molecule has 1 N–H and O–H groups in total. The van der Waals surface area contributed by atoms with E-state index in [0.29, 0.717) is 16.8 Å². The smallest absolute Gasteiger partial charge is 0.132 e. The van der Waals surface area contributed by atoms with Gasteiger partial charge in [-0.15, -0.1) is 0 Å². The van der Waals surface area contributed by atoms with Crippen LogP contribution in [0.15, 0.2) is 30.3 Å². The van der Waals surface area contributed by atoms with Crippen molar-refractivity contribution < 1.29 is 4.39 Å². The van der Waals surface area contributed by atoms with Crippen molar-refractivity contribution in [1.82, 2.24) is 4.98 Å². The number of aromatic amines is 1. The third kappa shape index (κ3) is 1.62. The van der Waals surface area contributed by atoms with Crippen LogP contribution in [0.1, 0.15) is 11.3 Å². The summed E-state index contributed by atoms with van der Waals surface area (Å²) in [5.41, 5.74) is 2.44. The van der Waals surface area contributed by atoms with E-state index in [1.165, 1.54) is 6.07 Å². The van der Waals surface area contributed by atoms with Crippen molar-refractivity contribution in [3.8, 4) is 17.3 Å². The molecular formula is C12H9FN2. The number of H-pyrrole nitrogens is 1. The average molecular weight is 200 g/mol. The van der Waals surface area contributed by atoms with E-state index in [1.54, 1.807) is 31.2 Å². The lowest BCUT2D eigenvalue weighted by molar-refractivity contribution is 0.631. The van der Waals surface area contributed by atoms with Gasteiger partial charge < -0.3 is 4.98 Å². The minimum Gasteiger partial charge on any atom is -0.357 e. The van der Waals surface area contributed by atoms with Gasteiger partial charge in [-0.25, -0.2) is 4.39 Å². The molecule has 15 heavy (non-hydrogen) atoms. The lowest BCUT2D eigenvalue weighted by Crippen LogP contribution is -1.83. The van der Waals surface area contributed by atoms with Crippen LogP contribution in [0.25, 0.3) is 11.3 Å². The van der Waals surface area contributed by atoms with Crippen molar-refractivity contribution in [2.75, 3.05) is 0 Å². The number of nitriles is 1. The van der Waals surface area contributed by atoms with Crippen LogP contribution in [0.5, 0.6) is 0 Å². The van der Waals surface area contributed by atoms with Crippen LogP contribution in [0.4, 0.5) is 4.39 Å². The Labute approximate surface area is 87.0 Å². The highest BCUT2D eigenvalue weighted by Crippen LogP contribution is 2.23. The maximum Gasteiger partial charge on any atom is 0.132 e. The maximum absolute atomic E-state index is 13.4. The Balaban J connectivity index is 2.56. The molecule has 0 aliphatic heterocycles. The second kappa shape index (κ2) is 3.58. The lowest BCUT2D eigenvalue weighted by atomic mass is 10.1. The number of hydrogen-bond acceptors (Lipinski definition) is 1. The zero-order valence-electron chi connectivity index (χ0n) is 8.21. The number of aryl methyl sites for hydroxylation is 1. The monoisotopic (exact) mass is 200 g/mol. The van der Waals surface area contributed by atoms with Crippen LogP contribution in [-0.4, -0.2) is 4.98 Å². The van der Waals surface area contributed by atoms with Gasteiger partial charge in [0.1, 0.15) is 11.9 Å². The third-order valence-electron chi connectivity index (χ3n) is 2.30. The molecule has 0 spiro atoms. The van der Waals surface area contributed by atoms with Gasteiger partial charge >= 0.3 is 0 Å². The number of hydrogen-bond donors (Lipinski definition) is 1. The molecule has 1 heterocycles. The summed E-state index contributed by atoms with van der Waals surface area (Å²) in [7, 11) is 0. The predicted octanol–water partition coefficient (Wildman–Crippen LogP) is 3.00. The largest absolute Gasteiger partial charge is 0.357 e. The van der Waals surface area contributed by atoms with E-state index in [0.717, 1.165) is 5.69 Å². The van der Waals surface area contributed by atoms with Crippen molar-refractivity contribution in [3.63, 3.8) is 0 Å². The first-order valence-electron chi connectivity index (χ1n) is 4.57. The Morgan fingerprint density at radius 1 is 1.33 bits per heavy atom. The molecule has 0 bridgehead atoms. The Bertz CT molecular complexity index is 535. The molecule has 74 valence electrons. The second-order valence-corrected chi connectivity index (χ2v) is 3.31. The van der Waals surface area contributed by atoms with Gasteiger partial charge in [0.2, 0.25) is 0 Å². The molecule has 2 nitrogen and oxygen atoms in total. The molecule has 0 amide bonds. The Hall–Kier alpha value is -2.08. The van der Waals surface area contributed by atoms with Crippen LogP contribution in [0, 0.1) is 24.1 Å². The minimum absolute atomic E-state index is 0.289. The molecule has 0 unspecified atom stereocenters. The molecule has 0 radical (unpaired) electrons. The number of nitrogens with zero attached hydrogens (tertiary/aromatic N) is 1. The van der Waals surface area contributed by atoms with Crippen LogP contribution in [-0.2, 0) is 0 Å². The van der Waals surface area contributed by atoms with Crippen LogP contribution < -0.4 is 0 Å². The SMILES string of the molecule is Cc1[nH]c(-c2ccccc2F)cc1C#N. The van der Waals surface area contributed by atoms with Crippen LogP contribution in [0.3, 0.4) is 0 Å². The molecule has 0 aliphatic rings. The molecule has 0 fully saturated rings. The summed E-state index contributed by atoms with van der Waals surface area (Å²) in [6, 6.07) is 10.2. The molecule has 2 rings (SSSR count). The Kier molecular flexibility index (Phi) is 2.26. The molecule has 0 saturated carbocycles. The van der Waals surface area contributed by atoms with Gasteiger partial charge in [0.05, 0.1) is 5.56 Å². The molecule has 1 aromatic carbocycles. The number of nitrogens with one attached hydrogen (secondary N) is 1. The topological polar surface area (TPSA) is 39.6 Å². The van der Waals surface area contributed by atoms with E-state index in [1.807, 2.05) is 0 Å². The quantitative estimate of drug-likeness (QED) is 0.755. The Morgan fingerprint density at radius 2 is 2.07 bits per heavy atom. The summed E-state index contributed by atoms with van der Waals surface area (Å²) in [5, 5.41) is 8.78. The third-order valence-corrected chi connectivity index (χ3v) is 2.30. The fraction of sp³-hybridized carbons (Fsp3) is 0.0833. The van der Waals surface area contributed by atoms with Crippen molar-refractivity contribution >= 4 is 0 Å². The standard InChI is InChI=1S/C12H9FN2/c1-8-9(7-14)6-12(15-8)10-4-2-3-5-11(10)13/h2-6,15H,1H3. The molecular weight excluding hydrogens is 191 g/mol. The van der Waals surface area contributed by atoms with Gasteiger partial charge in [0.15, 0.2) is 0 Å². The van der Waals surface area contributed by atoms with Crippen LogP contribution >= 0.6 is 0 Å². The lowest BCUT2D eigenvalue weighted by Gasteiger charge is -1.98. The first kappa shape index (κ1) is 9.47. The zero-order chi connectivity index (χ0) is 10.8. The van der Waals surface area contributed by atoms with Crippen molar-refractivity contribution in [3.05, 3.63) is 47.4 Å². The fourth-order valence-corrected chi connectivity index (χ4v) is 1.50. The first-order valence-corrected chi connectivity index (χ1v) is 4.57. The first-order chi connectivity index (χ1) is 7.22. The summed E-state index contributed by atoms with van der Waals surface area (Å²) >= 11 is 0. The van der Waals surface area contributed by atoms with Crippen LogP contribution in [0.2, 0.25) is 0 Å². The highest BCUT2D eigenvalue weighted by molar-refractivity contribution is 5.63. The summed E-state index contributed by atoms with van der Waals surface area (Å²) in [5.74, 6) is -0.289. The van der Waals surface area contributed by atoms with E-state index in [9.17, 15) is 4.39 Å². The van der Waals surface area contributed by atoms with Gasteiger partial charge in [-0.2, -0.15) is 5.26 Å². The van der Waals surface area contributed by atoms with Gasteiger partial charge in [0, 0.05) is 17.0 Å². The molecule has 0 aliphatic carbocycles. The van der Waals surface area contributed by atoms with Gasteiger partial charge in [-0.05, 0) is 25.1 Å². The second-order valence-electron chi connectivity index (χ2n) is 3.31. The maximum atomic E-state index is 13.4. The molecule has 3 heteroatoms. The number of halogens is 1. The summed E-state index contributed by atoms with van der Waals surface area (Å²) in [6.45, 7) is 1.79. The molecule has 2 aromatic rings. The Morgan fingerprint density at radius 3 is 2.67 bits per heavy atom. The summed E-state index contributed by atoms with van der Waals surface area (Å²) in [6.07, 6.45) is 0. The van der Waals surface area contributed by atoms with Crippen molar-refractivity contribution in [2.45, 2.75) is 6.92 Å². The summed E-state index contributed by atoms with van der Waals surface area (Å²) in [4.78, 5) is 2.99. The average Bonchev–Trinajstić information content (AvgIpc) is 2.60. The van der Waals surface area contributed by atoms with E-state index >= 15 is 0 Å². The van der Waals surface area contributed by atoms with E-state index in [4.69, 9.17) is 5.26 Å². The number of rotatable bonds is 1. The highest BCUT2D eigenvalue weighted by atomic mass is 19.1. The van der Waals surface area contributed by atoms with Gasteiger partial charge in [0.25, 0.3) is 0 Å². The molecule has 0 saturated heterocycles. The normalized spacial score (nSPS) is 9.93. The van der Waals surface area contributed by atoms with Gasteiger partial charge in [-0.1, -0.05) is 12.1 Å². The van der Waals surface area contributed by atoms with E-state index in [2.05, 4.69) is 11.1 Å². The van der Waals surface area contributed by atoms with Crippen molar-refractivity contribution in [1.29, 1.82) is 5.26 Å². The zero-order valence-corrected chi connectivity index (χ0v) is 8.21. The summed E-state index contributed by atoms with van der Waals surface area (Å²) < 4.78 is 13.4. The minimum atomic E-state index is -0.289. The number of aromatic nitrogens is 1. The molecule has 0 atom stereocenters. The van der Waals surface area contributed by atoms with E-state index < -0.39 is 0 Å².